The van der Waals surface area contributed by atoms with Crippen molar-refractivity contribution < 1.29 is 0 Å². The van der Waals surface area contributed by atoms with E-state index in [9.17, 15) is 0 Å². The van der Waals surface area contributed by atoms with Gasteiger partial charge in [0.15, 0.2) is 0 Å². The van der Waals surface area contributed by atoms with Crippen LogP contribution < -0.4 is 0 Å². The molecule has 0 radical (unpaired) electrons. The van der Waals surface area contributed by atoms with Crippen LogP contribution in [0.5, 0.6) is 0 Å². The van der Waals surface area contributed by atoms with E-state index in [0.29, 0.717) is 5.56 Å². The van der Waals surface area contributed by atoms with Crippen LogP contribution in [0.3, 0.4) is 0 Å². The molecule has 1 nitrogen and oxygen atoms in total. The fourth-order valence-corrected chi connectivity index (χ4v) is 5.36. The van der Waals surface area contributed by atoms with Crippen molar-refractivity contribution in [1.82, 2.24) is 0 Å². The second-order valence-corrected chi connectivity index (χ2v) is 8.94. The largest absolute Gasteiger partial charge is 0.192 e. The number of nitrogens with zero attached hydrogens (tertiary/aromatic N) is 1. The first-order valence-electron chi connectivity index (χ1n) is 12.0. The smallest absolute Gasteiger partial charge is 0.0991 e. The summed E-state index contributed by atoms with van der Waals surface area (Å²) in [5.74, 6) is 0. The summed E-state index contributed by atoms with van der Waals surface area (Å²) in [6.45, 7) is 8.29. The summed E-state index contributed by atoms with van der Waals surface area (Å²) in [5.41, 5.74) is 7.47. The van der Waals surface area contributed by atoms with Crippen molar-refractivity contribution in [2.24, 2.45) is 0 Å². The zero-order valence-electron chi connectivity index (χ0n) is 19.8. The van der Waals surface area contributed by atoms with E-state index in [0.717, 1.165) is 27.8 Å². The molecule has 0 aromatic heterocycles. The SMILES string of the molecule is C=Cc1c(C=C)c2cc(-c3ccc(-c4ccc(C#N)cc4)cc3)c3ccccc3c2c2ccccc12. The van der Waals surface area contributed by atoms with Crippen LogP contribution in [0.4, 0.5) is 0 Å². The fourth-order valence-electron chi connectivity index (χ4n) is 5.36. The quantitative estimate of drug-likeness (QED) is 0.242. The average molecular weight is 458 g/mol. The molecule has 0 bridgehead atoms. The minimum atomic E-state index is 0.669. The Kier molecular flexibility index (Phi) is 5.21. The van der Waals surface area contributed by atoms with Gasteiger partial charge < -0.3 is 0 Å². The van der Waals surface area contributed by atoms with Gasteiger partial charge in [0.1, 0.15) is 0 Å². The van der Waals surface area contributed by atoms with Gasteiger partial charge in [-0.15, -0.1) is 0 Å². The van der Waals surface area contributed by atoms with Gasteiger partial charge in [-0.3, -0.25) is 0 Å². The van der Waals surface area contributed by atoms with E-state index < -0.39 is 0 Å². The van der Waals surface area contributed by atoms with E-state index in [4.69, 9.17) is 5.26 Å². The van der Waals surface area contributed by atoms with Crippen molar-refractivity contribution in [2.75, 3.05) is 0 Å². The summed E-state index contributed by atoms with van der Waals surface area (Å²) < 4.78 is 0. The lowest BCUT2D eigenvalue weighted by Crippen LogP contribution is -1.92. The average Bonchev–Trinajstić information content (AvgIpc) is 2.95. The highest BCUT2D eigenvalue weighted by Crippen LogP contribution is 2.42. The molecule has 0 saturated carbocycles. The fraction of sp³-hybridized carbons (Fsp3) is 0. The zero-order chi connectivity index (χ0) is 24.6. The van der Waals surface area contributed by atoms with Crippen molar-refractivity contribution in [2.45, 2.75) is 0 Å². The van der Waals surface area contributed by atoms with E-state index in [2.05, 4.69) is 98.1 Å². The van der Waals surface area contributed by atoms with Crippen molar-refractivity contribution >= 4 is 44.5 Å². The summed E-state index contributed by atoms with van der Waals surface area (Å²) in [7, 11) is 0. The topological polar surface area (TPSA) is 23.8 Å². The van der Waals surface area contributed by atoms with Gasteiger partial charge in [0.25, 0.3) is 0 Å². The Labute approximate surface area is 210 Å². The molecule has 6 aromatic rings. The molecule has 0 heterocycles. The Balaban J connectivity index is 1.63. The van der Waals surface area contributed by atoms with E-state index in [1.54, 1.807) is 0 Å². The molecule has 0 fully saturated rings. The molecule has 0 saturated heterocycles. The maximum atomic E-state index is 9.09. The molecular weight excluding hydrogens is 434 g/mol. The van der Waals surface area contributed by atoms with E-state index in [1.807, 2.05) is 36.4 Å². The monoisotopic (exact) mass is 457 g/mol. The first-order valence-corrected chi connectivity index (χ1v) is 12.0. The third kappa shape index (κ3) is 3.32. The van der Waals surface area contributed by atoms with E-state index >= 15 is 0 Å². The van der Waals surface area contributed by atoms with Crippen LogP contribution >= 0.6 is 0 Å². The van der Waals surface area contributed by atoms with Crippen LogP contribution in [0.15, 0.2) is 116 Å². The normalized spacial score (nSPS) is 11.0. The molecule has 0 unspecified atom stereocenters. The third-order valence-electron chi connectivity index (χ3n) is 7.06. The standard InChI is InChI=1S/C35H23N/c1-3-27-28(4-2)34-21-33(26-19-17-25(18-20-26)24-15-13-23(22-36)14-16-24)30-10-6-8-12-32(30)35(34)31-11-7-5-9-29(27)31/h3-21H,1-2H2. The minimum absolute atomic E-state index is 0.669. The van der Waals surface area contributed by atoms with Crippen LogP contribution in [-0.4, -0.2) is 0 Å². The third-order valence-corrected chi connectivity index (χ3v) is 7.06. The highest BCUT2D eigenvalue weighted by molar-refractivity contribution is 6.26. The van der Waals surface area contributed by atoms with Gasteiger partial charge in [0, 0.05) is 0 Å². The molecule has 6 aromatic carbocycles. The second kappa shape index (κ2) is 8.69. The highest BCUT2D eigenvalue weighted by Gasteiger charge is 2.16. The van der Waals surface area contributed by atoms with Crippen LogP contribution in [0.25, 0.3) is 66.7 Å². The lowest BCUT2D eigenvalue weighted by molar-refractivity contribution is 1.48. The summed E-state index contributed by atoms with van der Waals surface area (Å²) in [4.78, 5) is 0. The van der Waals surface area contributed by atoms with Gasteiger partial charge in [-0.25, -0.2) is 0 Å². The number of rotatable bonds is 4. The molecule has 0 aliphatic carbocycles. The van der Waals surface area contributed by atoms with Gasteiger partial charge in [0.05, 0.1) is 11.6 Å². The number of hydrogen-bond donors (Lipinski definition) is 0. The maximum absolute atomic E-state index is 9.09. The molecule has 0 amide bonds. The summed E-state index contributed by atoms with van der Waals surface area (Å²) in [5, 5.41) is 16.4. The van der Waals surface area contributed by atoms with Crippen molar-refractivity contribution in [1.29, 1.82) is 5.26 Å². The summed E-state index contributed by atoms with van der Waals surface area (Å²) >= 11 is 0. The molecule has 6 rings (SSSR count). The second-order valence-electron chi connectivity index (χ2n) is 8.94. The number of fused-ring (bicyclic) bond motifs is 5. The van der Waals surface area contributed by atoms with E-state index in [1.165, 1.54) is 37.9 Å². The van der Waals surface area contributed by atoms with Gasteiger partial charge in [-0.1, -0.05) is 110 Å². The van der Waals surface area contributed by atoms with Crippen molar-refractivity contribution in [3.05, 3.63) is 133 Å². The highest BCUT2D eigenvalue weighted by atomic mass is 14.2. The number of hydrogen-bond acceptors (Lipinski definition) is 1. The Bertz CT molecular complexity index is 1850. The van der Waals surface area contributed by atoms with Crippen molar-refractivity contribution in [3.63, 3.8) is 0 Å². The molecule has 0 aliphatic rings. The molecule has 0 atom stereocenters. The molecular formula is C35H23N. The van der Waals surface area contributed by atoms with Crippen LogP contribution in [0.2, 0.25) is 0 Å². The lowest BCUT2D eigenvalue weighted by Gasteiger charge is -2.18. The molecule has 1 heteroatoms. The summed E-state index contributed by atoms with van der Waals surface area (Å²) in [6, 6.07) is 38.1. The Morgan fingerprint density at radius 1 is 0.528 bits per heavy atom. The number of benzene rings is 6. The lowest BCUT2D eigenvalue weighted by atomic mass is 9.85. The molecule has 36 heavy (non-hydrogen) atoms. The zero-order valence-corrected chi connectivity index (χ0v) is 19.8. The summed E-state index contributed by atoms with van der Waals surface area (Å²) in [6.07, 6.45) is 3.90. The van der Waals surface area contributed by atoms with Crippen LogP contribution in [0, 0.1) is 11.3 Å². The van der Waals surface area contributed by atoms with Crippen molar-refractivity contribution in [3.8, 4) is 28.3 Å². The van der Waals surface area contributed by atoms with E-state index in [-0.39, 0.29) is 0 Å². The van der Waals surface area contributed by atoms with Gasteiger partial charge >= 0.3 is 0 Å². The van der Waals surface area contributed by atoms with Crippen LogP contribution in [-0.2, 0) is 0 Å². The Hall–Kier alpha value is -4.93. The first-order chi connectivity index (χ1) is 17.7. The Morgan fingerprint density at radius 2 is 1.00 bits per heavy atom. The van der Waals surface area contributed by atoms with Gasteiger partial charge in [-0.05, 0) is 83.9 Å². The first kappa shape index (κ1) is 21.6. The molecule has 168 valence electrons. The predicted molar refractivity (Wildman–Crippen MR) is 155 cm³/mol. The predicted octanol–water partition coefficient (Wildman–Crippen LogP) is 9.64. The number of nitriles is 1. The molecule has 0 N–H and O–H groups in total. The molecule has 0 spiro atoms. The Morgan fingerprint density at radius 3 is 1.58 bits per heavy atom. The van der Waals surface area contributed by atoms with Gasteiger partial charge in [0.2, 0.25) is 0 Å². The van der Waals surface area contributed by atoms with Gasteiger partial charge in [-0.2, -0.15) is 5.26 Å². The molecule has 0 aliphatic heterocycles. The maximum Gasteiger partial charge on any atom is 0.0991 e. The van der Waals surface area contributed by atoms with Crippen LogP contribution in [0.1, 0.15) is 16.7 Å². The minimum Gasteiger partial charge on any atom is -0.192 e.